The Morgan fingerprint density at radius 1 is 1.11 bits per heavy atom. The summed E-state index contributed by atoms with van der Waals surface area (Å²) >= 11 is 0. The van der Waals surface area contributed by atoms with E-state index in [0.29, 0.717) is 55.0 Å². The number of piperidine rings is 1. The summed E-state index contributed by atoms with van der Waals surface area (Å²) in [5.41, 5.74) is -6.04. The van der Waals surface area contributed by atoms with Gasteiger partial charge in [-0.05, 0) is 101 Å². The Balaban J connectivity index is 0.953. The monoisotopic (exact) mass is 789 g/mol. The van der Waals surface area contributed by atoms with Gasteiger partial charge in [-0.25, -0.2) is 13.6 Å². The van der Waals surface area contributed by atoms with E-state index in [1.807, 2.05) is 9.47 Å². The van der Waals surface area contributed by atoms with E-state index < -0.39 is 75.6 Å². The van der Waals surface area contributed by atoms with Crippen molar-refractivity contribution >= 4 is 34.1 Å². The lowest BCUT2D eigenvalue weighted by Gasteiger charge is -2.62. The highest BCUT2D eigenvalue weighted by Crippen LogP contribution is 2.70. The number of aliphatic hydroxyl groups excluding tert-OH is 1. The van der Waals surface area contributed by atoms with E-state index in [0.717, 1.165) is 32.2 Å². The fourth-order valence-electron chi connectivity index (χ4n) is 12.6. The predicted molar refractivity (Wildman–Crippen MR) is 207 cm³/mol. The zero-order valence-corrected chi connectivity index (χ0v) is 33.1. The number of nitrogens with zero attached hydrogens (tertiary/aromatic N) is 2. The molecule has 4 saturated carbocycles. The highest BCUT2D eigenvalue weighted by atomic mass is 19.1. The number of ketones is 2. The van der Waals surface area contributed by atoms with Gasteiger partial charge in [0.25, 0.3) is 0 Å². The highest BCUT2D eigenvalue weighted by Gasteiger charge is 2.75. The molecule has 0 spiro atoms. The summed E-state index contributed by atoms with van der Waals surface area (Å²) in [6.07, 6.45) is 8.71. The number of anilines is 1. The number of carbonyl (C=O) groups is 3. The molecule has 2 saturated heterocycles. The van der Waals surface area contributed by atoms with Crippen LogP contribution in [0.1, 0.15) is 95.0 Å². The van der Waals surface area contributed by atoms with E-state index in [1.54, 1.807) is 26.8 Å². The minimum absolute atomic E-state index is 0.00242. The molecule has 0 bridgehead atoms. The van der Waals surface area contributed by atoms with Crippen molar-refractivity contribution in [2.75, 3.05) is 38.3 Å². The fraction of sp³-hybridized carbons (Fsp3) is 0.636. The number of fused-ring (bicyclic) bond motifs is 7. The number of hydrogen-bond acceptors (Lipinski definition) is 10. The Kier molecular flexibility index (Phi) is 8.99. The van der Waals surface area contributed by atoms with Crippen molar-refractivity contribution in [3.8, 4) is 5.75 Å². The first-order valence-corrected chi connectivity index (χ1v) is 20.8. The van der Waals surface area contributed by atoms with Gasteiger partial charge in [-0.1, -0.05) is 25.5 Å². The lowest BCUT2D eigenvalue weighted by Crippen LogP contribution is -2.69. The molecule has 6 fully saturated rings. The zero-order valence-electron chi connectivity index (χ0n) is 33.1. The van der Waals surface area contributed by atoms with Crippen molar-refractivity contribution in [2.45, 2.75) is 108 Å². The Hall–Kier alpha value is -3.94. The quantitative estimate of drug-likeness (QED) is 0.308. The smallest absolute Gasteiger partial charge is 0.343 e. The number of methoxy groups -OCH3 is 1. The topological polar surface area (TPSA) is 147 Å². The molecular formula is C44H53F2N3O8. The Bertz CT molecular complexity index is 2190. The Morgan fingerprint density at radius 3 is 2.60 bits per heavy atom. The molecule has 1 aromatic carbocycles. The molecular weight excluding hydrogens is 736 g/mol. The van der Waals surface area contributed by atoms with Gasteiger partial charge in [0.1, 0.15) is 16.9 Å². The molecule has 0 amide bonds. The van der Waals surface area contributed by atoms with Crippen LogP contribution in [0.5, 0.6) is 5.75 Å². The highest BCUT2D eigenvalue weighted by molar-refractivity contribution is 6.01. The van der Waals surface area contributed by atoms with Crippen LogP contribution in [0.25, 0.3) is 10.9 Å². The van der Waals surface area contributed by atoms with Crippen LogP contribution in [0, 0.1) is 40.3 Å². The van der Waals surface area contributed by atoms with Gasteiger partial charge in [0, 0.05) is 54.5 Å². The molecule has 13 heteroatoms. The van der Waals surface area contributed by atoms with Crippen molar-refractivity contribution in [3.63, 3.8) is 0 Å². The van der Waals surface area contributed by atoms with Crippen LogP contribution >= 0.6 is 0 Å². The number of pyridine rings is 1. The maximum Gasteiger partial charge on any atom is 0.343 e. The third kappa shape index (κ3) is 5.36. The van der Waals surface area contributed by atoms with E-state index in [-0.39, 0.29) is 47.4 Å². The SMILES string of the molecule is COc1c(N2CC3CCCNC3C2)c(F)cc2c(=O)c(C(=O)OCCC(=O)[C@@]3(O)[C@H](C)CC4C5CCC6=CC(=O)C=C[C@]6(C)[C@@]5(F)[C@@H](O)C[C@@]43C)cn(C3CC3)c12. The summed E-state index contributed by atoms with van der Waals surface area (Å²) in [7, 11) is 1.46. The number of nitrogens with one attached hydrogen (secondary N) is 1. The summed E-state index contributed by atoms with van der Waals surface area (Å²) in [6.45, 7) is 7.01. The first kappa shape index (κ1) is 38.6. The number of benzene rings is 1. The summed E-state index contributed by atoms with van der Waals surface area (Å²) in [4.78, 5) is 56.0. The standard InChI is InChI=1S/C44H53F2N3O8/c1-23-16-31-30-10-7-25-17-27(50)11-13-41(25,2)43(30,46)35(52)19-42(31,3)44(23,55)34(51)12-15-57-40(54)29-21-49(26-8-9-26)36-28(38(29)53)18-32(45)37(39(36)56-4)48-20-24-6-5-14-47-33(24)22-48/h11,13,17-18,21,23-24,26,30-31,33,35,47,52,55H,5-10,12,14-16,19-20,22H2,1-4H3/t23-,24?,30?,31?,33?,35+,41+,42+,43+,44+/m1/s1. The first-order valence-electron chi connectivity index (χ1n) is 20.8. The molecule has 5 aliphatic carbocycles. The fourth-order valence-corrected chi connectivity index (χ4v) is 12.6. The number of hydrogen-bond donors (Lipinski definition) is 3. The number of esters is 1. The van der Waals surface area contributed by atoms with Gasteiger partial charge in [0.05, 0.1) is 30.7 Å². The van der Waals surface area contributed by atoms with Crippen molar-refractivity contribution in [1.82, 2.24) is 9.88 Å². The Labute approximate surface area is 330 Å². The molecule has 11 nitrogen and oxygen atoms in total. The van der Waals surface area contributed by atoms with Crippen LogP contribution in [0.2, 0.25) is 0 Å². The molecule has 0 radical (unpaired) electrons. The lowest BCUT2D eigenvalue weighted by atomic mass is 9.44. The number of allylic oxidation sites excluding steroid dienone is 4. The van der Waals surface area contributed by atoms with Crippen molar-refractivity contribution in [2.24, 2.45) is 34.5 Å². The number of ether oxygens (including phenoxy) is 2. The predicted octanol–water partition coefficient (Wildman–Crippen LogP) is 5.14. The molecule has 3 heterocycles. The van der Waals surface area contributed by atoms with Crippen LogP contribution in [0.3, 0.4) is 0 Å². The minimum atomic E-state index is -2.10. The zero-order chi connectivity index (χ0) is 40.4. The van der Waals surface area contributed by atoms with Gasteiger partial charge >= 0.3 is 5.97 Å². The van der Waals surface area contributed by atoms with Crippen molar-refractivity contribution in [1.29, 1.82) is 0 Å². The minimum Gasteiger partial charge on any atom is -0.492 e. The van der Waals surface area contributed by atoms with Gasteiger partial charge in [-0.2, -0.15) is 0 Å². The molecule has 7 aliphatic rings. The van der Waals surface area contributed by atoms with Crippen LogP contribution < -0.4 is 20.4 Å². The van der Waals surface area contributed by atoms with Gasteiger partial charge < -0.3 is 34.5 Å². The molecule has 3 N–H and O–H groups in total. The number of rotatable bonds is 8. The molecule has 1 aromatic heterocycles. The number of halogens is 2. The summed E-state index contributed by atoms with van der Waals surface area (Å²) in [6, 6.07) is 1.41. The second-order valence-electron chi connectivity index (χ2n) is 18.5. The normalized spacial score (nSPS) is 38.3. The van der Waals surface area contributed by atoms with Crippen LogP contribution in [0.4, 0.5) is 14.5 Å². The molecule has 57 heavy (non-hydrogen) atoms. The molecule has 306 valence electrons. The summed E-state index contributed by atoms with van der Waals surface area (Å²) in [5, 5.41) is 27.6. The molecule has 9 rings (SSSR count). The third-order valence-electron chi connectivity index (χ3n) is 15.7. The second kappa shape index (κ2) is 13.3. The van der Waals surface area contributed by atoms with Crippen LogP contribution in [-0.4, -0.2) is 89.1 Å². The average molecular weight is 790 g/mol. The third-order valence-corrected chi connectivity index (χ3v) is 15.7. The van der Waals surface area contributed by atoms with E-state index in [1.165, 1.54) is 31.5 Å². The van der Waals surface area contributed by atoms with Gasteiger partial charge in [-0.3, -0.25) is 14.4 Å². The van der Waals surface area contributed by atoms with Crippen LogP contribution in [0.15, 0.2) is 40.9 Å². The number of alkyl halides is 1. The van der Waals surface area contributed by atoms with E-state index in [2.05, 4.69) is 5.32 Å². The van der Waals surface area contributed by atoms with Gasteiger partial charge in [0.2, 0.25) is 5.43 Å². The van der Waals surface area contributed by atoms with Gasteiger partial charge in [0.15, 0.2) is 28.8 Å². The Morgan fingerprint density at radius 2 is 1.88 bits per heavy atom. The van der Waals surface area contributed by atoms with E-state index in [4.69, 9.17) is 9.47 Å². The number of Topliss-reactive ketones (excluding diaryl/α,β-unsaturated/α-hetero) is 1. The average Bonchev–Trinajstić information content (AvgIpc) is 3.90. The maximum atomic E-state index is 17.6. The van der Waals surface area contributed by atoms with Crippen LogP contribution in [-0.2, 0) is 14.3 Å². The number of aromatic nitrogens is 1. The number of carbonyl (C=O) groups excluding carboxylic acids is 3. The lowest BCUT2D eigenvalue weighted by molar-refractivity contribution is -0.219. The largest absolute Gasteiger partial charge is 0.492 e. The maximum absolute atomic E-state index is 17.6. The number of aliphatic hydroxyl groups is 2. The first-order chi connectivity index (χ1) is 27.1. The van der Waals surface area contributed by atoms with Gasteiger partial charge in [-0.15, -0.1) is 0 Å². The van der Waals surface area contributed by atoms with E-state index >= 15 is 8.78 Å². The summed E-state index contributed by atoms with van der Waals surface area (Å²) in [5.74, 6) is -3.43. The van der Waals surface area contributed by atoms with Crippen molar-refractivity contribution < 1.29 is 42.9 Å². The molecule has 10 atom stereocenters. The summed E-state index contributed by atoms with van der Waals surface area (Å²) < 4.78 is 47.0. The molecule has 2 aliphatic heterocycles. The van der Waals surface area contributed by atoms with E-state index in [9.17, 15) is 29.4 Å². The second-order valence-corrected chi connectivity index (χ2v) is 18.5. The van der Waals surface area contributed by atoms with Crippen molar-refractivity contribution in [3.05, 3.63) is 57.7 Å². The molecule has 2 aromatic rings. The molecule has 4 unspecified atom stereocenters.